The molecular weight excluding hydrogens is 633 g/mol. The van der Waals surface area contributed by atoms with E-state index in [4.69, 9.17) is 9.97 Å². The lowest BCUT2D eigenvalue weighted by molar-refractivity contribution is 1.08. The molecule has 0 spiro atoms. The Bertz CT molecular complexity index is 3160. The molecule has 52 heavy (non-hydrogen) atoms. The molecule has 4 heteroatoms. The number of nitrogens with zero attached hydrogens (tertiary/aromatic N) is 4. The van der Waals surface area contributed by atoms with Crippen molar-refractivity contribution in [3.63, 3.8) is 0 Å². The second-order valence-electron chi connectivity index (χ2n) is 13.5. The number of benzene rings is 8. The van der Waals surface area contributed by atoms with Gasteiger partial charge in [-0.05, 0) is 76.5 Å². The minimum Gasteiger partial charge on any atom is -0.309 e. The molecule has 0 atom stereocenters. The van der Waals surface area contributed by atoms with Crippen LogP contribution in [0.4, 0.5) is 0 Å². The average Bonchev–Trinajstić information content (AvgIpc) is 3.70. The average molecular weight is 663 g/mol. The van der Waals surface area contributed by atoms with Crippen molar-refractivity contribution in [3.05, 3.63) is 182 Å². The number of para-hydroxylation sites is 3. The van der Waals surface area contributed by atoms with Crippen molar-refractivity contribution in [2.75, 3.05) is 0 Å². The van der Waals surface area contributed by atoms with Gasteiger partial charge in [-0.1, -0.05) is 127 Å². The van der Waals surface area contributed by atoms with Crippen LogP contribution in [-0.2, 0) is 0 Å². The molecule has 3 heterocycles. The Kier molecular flexibility index (Phi) is 6.22. The maximum absolute atomic E-state index is 5.43. The third-order valence-corrected chi connectivity index (χ3v) is 10.5. The molecule has 0 aliphatic carbocycles. The van der Waals surface area contributed by atoms with E-state index in [1.54, 1.807) is 0 Å². The zero-order valence-electron chi connectivity index (χ0n) is 28.1. The first-order valence-corrected chi connectivity index (χ1v) is 17.7. The van der Waals surface area contributed by atoms with Gasteiger partial charge in [-0.25, -0.2) is 9.97 Å². The number of rotatable bonds is 4. The Morgan fingerprint density at radius 1 is 0.327 bits per heavy atom. The molecule has 0 aliphatic rings. The monoisotopic (exact) mass is 662 g/mol. The third-order valence-electron chi connectivity index (χ3n) is 10.5. The van der Waals surface area contributed by atoms with Crippen LogP contribution in [0.1, 0.15) is 0 Å². The van der Waals surface area contributed by atoms with Crippen LogP contribution in [0.15, 0.2) is 182 Å². The summed E-state index contributed by atoms with van der Waals surface area (Å²) in [6, 6.07) is 64.9. The van der Waals surface area contributed by atoms with E-state index >= 15 is 0 Å². The second kappa shape index (κ2) is 11.2. The van der Waals surface area contributed by atoms with Gasteiger partial charge in [0.25, 0.3) is 0 Å². The standard InChI is InChI=1S/C48H30N4/c1-4-14-31(15-5-1)35-24-25-37-39-29-40-38-26-33-18-10-11-19-34(33)27-44(38)51(36-20-8-3-9-21-36)45(40)30-46(39)52(43(37)28-35)48-47(32-16-6-2-7-17-32)49-41-22-12-13-23-42(41)50-48/h1-30H. The summed E-state index contributed by atoms with van der Waals surface area (Å²) in [5, 5.41) is 7.26. The van der Waals surface area contributed by atoms with Crippen LogP contribution < -0.4 is 0 Å². The van der Waals surface area contributed by atoms with Gasteiger partial charge in [-0.15, -0.1) is 0 Å². The SMILES string of the molecule is c1ccc(-c2ccc3c4cc5c6cc7ccccc7cc6n(-c6ccccc6)c5cc4n(-c4nc5ccccc5nc4-c4ccccc4)c3c2)cc1. The summed E-state index contributed by atoms with van der Waals surface area (Å²) in [5.74, 6) is 0.808. The minimum absolute atomic E-state index is 0.808. The highest BCUT2D eigenvalue weighted by Gasteiger charge is 2.23. The largest absolute Gasteiger partial charge is 0.309 e. The zero-order chi connectivity index (χ0) is 34.2. The van der Waals surface area contributed by atoms with Crippen LogP contribution in [0, 0.1) is 0 Å². The minimum atomic E-state index is 0.808. The summed E-state index contributed by atoms with van der Waals surface area (Å²) in [6.45, 7) is 0. The first-order valence-electron chi connectivity index (χ1n) is 17.7. The summed E-state index contributed by atoms with van der Waals surface area (Å²) < 4.78 is 4.76. The highest BCUT2D eigenvalue weighted by atomic mass is 15.1. The van der Waals surface area contributed by atoms with Gasteiger partial charge in [-0.3, -0.25) is 4.57 Å². The van der Waals surface area contributed by atoms with Crippen LogP contribution in [0.2, 0.25) is 0 Å². The summed E-state index contributed by atoms with van der Waals surface area (Å²) in [7, 11) is 0. The summed E-state index contributed by atoms with van der Waals surface area (Å²) in [4.78, 5) is 10.7. The van der Waals surface area contributed by atoms with E-state index in [1.807, 2.05) is 24.3 Å². The fourth-order valence-electron chi connectivity index (χ4n) is 8.04. The van der Waals surface area contributed by atoms with Gasteiger partial charge >= 0.3 is 0 Å². The van der Waals surface area contributed by atoms with Crippen LogP contribution in [-0.4, -0.2) is 19.1 Å². The van der Waals surface area contributed by atoms with E-state index in [1.165, 1.54) is 43.4 Å². The lowest BCUT2D eigenvalue weighted by Gasteiger charge is -2.14. The molecule has 11 rings (SSSR count). The molecule has 8 aromatic carbocycles. The van der Waals surface area contributed by atoms with Gasteiger partial charge < -0.3 is 4.57 Å². The van der Waals surface area contributed by atoms with Gasteiger partial charge in [-0.2, -0.15) is 0 Å². The van der Waals surface area contributed by atoms with E-state index in [9.17, 15) is 0 Å². The molecule has 4 nitrogen and oxygen atoms in total. The predicted octanol–water partition coefficient (Wildman–Crippen LogP) is 12.3. The van der Waals surface area contributed by atoms with E-state index in [-0.39, 0.29) is 0 Å². The topological polar surface area (TPSA) is 35.6 Å². The van der Waals surface area contributed by atoms with E-state index < -0.39 is 0 Å². The molecule has 0 saturated heterocycles. The molecule has 0 radical (unpaired) electrons. The van der Waals surface area contributed by atoms with Crippen LogP contribution >= 0.6 is 0 Å². The van der Waals surface area contributed by atoms with Crippen molar-refractivity contribution in [3.8, 4) is 33.9 Å². The summed E-state index contributed by atoms with van der Waals surface area (Å²) in [5.41, 5.74) is 11.6. The van der Waals surface area contributed by atoms with Gasteiger partial charge in [0.1, 0.15) is 5.69 Å². The van der Waals surface area contributed by atoms with Gasteiger partial charge in [0.15, 0.2) is 5.82 Å². The zero-order valence-corrected chi connectivity index (χ0v) is 28.1. The highest BCUT2D eigenvalue weighted by molar-refractivity contribution is 6.21. The molecule has 0 unspecified atom stereocenters. The molecule has 0 bridgehead atoms. The van der Waals surface area contributed by atoms with Crippen LogP contribution in [0.3, 0.4) is 0 Å². The Balaban J connectivity index is 1.33. The lowest BCUT2D eigenvalue weighted by Crippen LogP contribution is -2.04. The van der Waals surface area contributed by atoms with Gasteiger partial charge in [0.05, 0.1) is 33.1 Å². The van der Waals surface area contributed by atoms with Crippen molar-refractivity contribution < 1.29 is 0 Å². The van der Waals surface area contributed by atoms with Crippen molar-refractivity contribution in [1.82, 2.24) is 19.1 Å². The Morgan fingerprint density at radius 2 is 0.865 bits per heavy atom. The fraction of sp³-hybridized carbons (Fsp3) is 0. The first kappa shape index (κ1) is 28.8. The molecule has 11 aromatic rings. The van der Waals surface area contributed by atoms with Crippen molar-refractivity contribution in [2.45, 2.75) is 0 Å². The predicted molar refractivity (Wildman–Crippen MR) is 217 cm³/mol. The van der Waals surface area contributed by atoms with E-state index in [2.05, 4.69) is 167 Å². The molecule has 0 aliphatic heterocycles. The first-order chi connectivity index (χ1) is 25.8. The van der Waals surface area contributed by atoms with E-state index in [0.29, 0.717) is 0 Å². The molecule has 0 amide bonds. The Morgan fingerprint density at radius 3 is 1.62 bits per heavy atom. The van der Waals surface area contributed by atoms with E-state index in [0.717, 1.165) is 55.9 Å². The summed E-state index contributed by atoms with van der Waals surface area (Å²) in [6.07, 6.45) is 0. The van der Waals surface area contributed by atoms with Crippen molar-refractivity contribution in [1.29, 1.82) is 0 Å². The number of hydrogen-bond donors (Lipinski definition) is 0. The smallest absolute Gasteiger partial charge is 0.165 e. The van der Waals surface area contributed by atoms with Crippen LogP contribution in [0.25, 0.3) is 99.3 Å². The second-order valence-corrected chi connectivity index (χ2v) is 13.5. The normalized spacial score (nSPS) is 11.8. The molecule has 0 N–H and O–H groups in total. The highest BCUT2D eigenvalue weighted by Crippen LogP contribution is 2.42. The molecule has 0 saturated carbocycles. The maximum Gasteiger partial charge on any atom is 0.165 e. The van der Waals surface area contributed by atoms with Crippen molar-refractivity contribution >= 4 is 65.4 Å². The molecule has 3 aromatic heterocycles. The summed E-state index contributed by atoms with van der Waals surface area (Å²) >= 11 is 0. The fourth-order valence-corrected chi connectivity index (χ4v) is 8.04. The van der Waals surface area contributed by atoms with Gasteiger partial charge in [0, 0.05) is 32.8 Å². The molecule has 0 fully saturated rings. The van der Waals surface area contributed by atoms with Crippen molar-refractivity contribution in [2.24, 2.45) is 0 Å². The quantitative estimate of drug-likeness (QED) is 0.188. The Labute approximate surface area is 299 Å². The third kappa shape index (κ3) is 4.34. The molecular formula is C48H30N4. The Hall–Kier alpha value is -7.04. The lowest BCUT2D eigenvalue weighted by atomic mass is 10.0. The number of fused-ring (bicyclic) bond motifs is 8. The number of aromatic nitrogens is 4. The van der Waals surface area contributed by atoms with Gasteiger partial charge in [0.2, 0.25) is 0 Å². The molecule has 242 valence electrons. The maximum atomic E-state index is 5.43. The van der Waals surface area contributed by atoms with Crippen LogP contribution in [0.5, 0.6) is 0 Å². The number of hydrogen-bond acceptors (Lipinski definition) is 2.